The normalized spacial score (nSPS) is 12.2. The SMILES string of the molecule is Cc1ccccc1C(=O)Nc1cccc(-c2nc(NC(P(=O)(O)O)P(=O)(O)O)c3ccsc3n2)c1. The Hall–Kier alpha value is -2.95. The molecular formula is C21H20N4O7P2S. The molecule has 0 unspecified atom stereocenters. The van der Waals surface area contributed by atoms with E-state index >= 15 is 0 Å². The average Bonchev–Trinajstić information content (AvgIpc) is 3.25. The predicted octanol–water partition coefficient (Wildman–Crippen LogP) is 3.97. The molecule has 0 saturated heterocycles. The molecule has 6 N–H and O–H groups in total. The van der Waals surface area contributed by atoms with Gasteiger partial charge in [0.15, 0.2) is 5.82 Å². The lowest BCUT2D eigenvalue weighted by Gasteiger charge is -2.21. The zero-order valence-electron chi connectivity index (χ0n) is 18.1. The lowest BCUT2D eigenvalue weighted by atomic mass is 10.1. The third-order valence-corrected chi connectivity index (χ3v) is 9.14. The van der Waals surface area contributed by atoms with Crippen LogP contribution in [0.1, 0.15) is 15.9 Å². The fraction of sp³-hybridized carbons (Fsp3) is 0.0952. The number of rotatable bonds is 7. The minimum absolute atomic E-state index is 0.129. The van der Waals surface area contributed by atoms with E-state index in [1.807, 2.05) is 19.1 Å². The third-order valence-electron chi connectivity index (χ3n) is 5.00. The molecule has 35 heavy (non-hydrogen) atoms. The van der Waals surface area contributed by atoms with Crippen LogP contribution in [0.4, 0.5) is 11.5 Å². The van der Waals surface area contributed by atoms with Crippen LogP contribution in [0, 0.1) is 6.92 Å². The Morgan fingerprint density at radius 3 is 2.37 bits per heavy atom. The van der Waals surface area contributed by atoms with Gasteiger partial charge >= 0.3 is 15.2 Å². The number of aromatic nitrogens is 2. The second-order valence-corrected chi connectivity index (χ2v) is 12.3. The molecule has 1 amide bonds. The summed E-state index contributed by atoms with van der Waals surface area (Å²) in [5.41, 5.74) is -0.214. The number of amides is 1. The van der Waals surface area contributed by atoms with Crippen LogP contribution in [0.25, 0.3) is 21.6 Å². The van der Waals surface area contributed by atoms with Gasteiger partial charge in [-0.25, -0.2) is 9.97 Å². The zero-order valence-corrected chi connectivity index (χ0v) is 20.7. The van der Waals surface area contributed by atoms with Gasteiger partial charge in [-0.1, -0.05) is 30.3 Å². The summed E-state index contributed by atoms with van der Waals surface area (Å²) in [7, 11) is -10.5. The van der Waals surface area contributed by atoms with Crippen LogP contribution in [-0.4, -0.2) is 41.0 Å². The number of thiophene rings is 1. The maximum Gasteiger partial charge on any atom is 0.360 e. The summed E-state index contributed by atoms with van der Waals surface area (Å²) in [5.74, 6) is -0.315. The van der Waals surface area contributed by atoms with Crippen LogP contribution in [0.3, 0.4) is 0 Å². The molecular weight excluding hydrogens is 514 g/mol. The fourth-order valence-corrected chi connectivity index (χ4v) is 6.26. The Labute approximate surface area is 203 Å². The molecule has 2 heterocycles. The molecule has 0 aliphatic rings. The molecule has 0 fully saturated rings. The Bertz CT molecular complexity index is 1490. The van der Waals surface area contributed by atoms with Gasteiger partial charge in [0.05, 0.1) is 5.39 Å². The van der Waals surface area contributed by atoms with Gasteiger partial charge in [0.25, 0.3) is 5.91 Å². The molecule has 0 saturated carbocycles. The van der Waals surface area contributed by atoms with Crippen molar-refractivity contribution in [2.24, 2.45) is 0 Å². The lowest BCUT2D eigenvalue weighted by Crippen LogP contribution is -2.21. The standard InChI is InChI=1S/C21H20N4O7P2S/c1-12-5-2-3-8-15(12)19(26)22-14-7-4-6-13(11-14)17-23-18(16-9-10-35-20(16)24-17)25-21(33(27,28)29)34(30,31)32/h2-11,21H,1H3,(H,22,26)(H,23,24,25)(H2,27,28,29)(H2,30,31,32). The number of hydrogen-bond acceptors (Lipinski definition) is 7. The summed E-state index contributed by atoms with van der Waals surface area (Å²) in [4.78, 5) is 59.8. The van der Waals surface area contributed by atoms with Gasteiger partial charge in [-0.15, -0.1) is 11.3 Å². The Morgan fingerprint density at radius 2 is 1.69 bits per heavy atom. The minimum atomic E-state index is -5.25. The summed E-state index contributed by atoms with van der Waals surface area (Å²) >= 11 is 1.22. The number of nitrogens with one attached hydrogen (secondary N) is 2. The Morgan fingerprint density at radius 1 is 0.971 bits per heavy atom. The van der Waals surface area contributed by atoms with Gasteiger partial charge in [-0.3, -0.25) is 13.9 Å². The number of hydrogen-bond donors (Lipinski definition) is 6. The first kappa shape index (κ1) is 25.2. The van der Waals surface area contributed by atoms with E-state index in [-0.39, 0.29) is 17.5 Å². The number of aryl methyl sites for hydroxylation is 1. The zero-order chi connectivity index (χ0) is 25.4. The van der Waals surface area contributed by atoms with Crippen molar-refractivity contribution in [3.8, 4) is 11.4 Å². The molecule has 0 bridgehead atoms. The summed E-state index contributed by atoms with van der Waals surface area (Å²) in [5, 5.41) is 7.05. The topological polar surface area (TPSA) is 182 Å². The quantitative estimate of drug-likeness (QED) is 0.190. The summed E-state index contributed by atoms with van der Waals surface area (Å²) in [6, 6.07) is 15.3. The molecule has 0 aliphatic heterocycles. The van der Waals surface area contributed by atoms with Crippen LogP contribution in [0.2, 0.25) is 0 Å². The smallest absolute Gasteiger partial charge is 0.346 e. The minimum Gasteiger partial charge on any atom is -0.346 e. The van der Waals surface area contributed by atoms with E-state index in [9.17, 15) is 33.5 Å². The molecule has 14 heteroatoms. The number of carbonyl (C=O) groups is 1. The first-order valence-electron chi connectivity index (χ1n) is 10.0. The molecule has 4 rings (SSSR count). The van der Waals surface area contributed by atoms with E-state index in [0.717, 1.165) is 5.56 Å². The van der Waals surface area contributed by atoms with Crippen LogP contribution in [0.5, 0.6) is 0 Å². The number of carbonyl (C=O) groups excluding carboxylic acids is 1. The van der Waals surface area contributed by atoms with E-state index in [0.29, 0.717) is 27.0 Å². The van der Waals surface area contributed by atoms with Gasteiger partial charge in [-0.05, 0) is 42.1 Å². The van der Waals surface area contributed by atoms with E-state index in [1.165, 1.54) is 11.3 Å². The first-order chi connectivity index (χ1) is 16.4. The lowest BCUT2D eigenvalue weighted by molar-refractivity contribution is 0.102. The van der Waals surface area contributed by atoms with Gasteiger partial charge in [0.1, 0.15) is 10.6 Å². The maximum absolute atomic E-state index is 12.7. The van der Waals surface area contributed by atoms with Crippen LogP contribution in [0.15, 0.2) is 60.0 Å². The van der Waals surface area contributed by atoms with Crippen molar-refractivity contribution >= 4 is 54.2 Å². The van der Waals surface area contributed by atoms with Crippen LogP contribution < -0.4 is 10.6 Å². The maximum atomic E-state index is 12.7. The Balaban J connectivity index is 1.71. The van der Waals surface area contributed by atoms with E-state index < -0.39 is 20.7 Å². The van der Waals surface area contributed by atoms with Crippen molar-refractivity contribution < 1.29 is 33.5 Å². The van der Waals surface area contributed by atoms with Gasteiger partial charge < -0.3 is 30.2 Å². The first-order valence-corrected chi connectivity index (χ1v) is 14.3. The molecule has 4 aromatic rings. The molecule has 2 aromatic carbocycles. The summed E-state index contributed by atoms with van der Waals surface area (Å²) in [6.07, 6.45) is 0. The van der Waals surface area contributed by atoms with Crippen molar-refractivity contribution in [1.82, 2.24) is 9.97 Å². The average molecular weight is 534 g/mol. The van der Waals surface area contributed by atoms with Crippen LogP contribution in [-0.2, 0) is 9.13 Å². The molecule has 2 aromatic heterocycles. The molecule has 0 aliphatic carbocycles. The largest absolute Gasteiger partial charge is 0.360 e. The van der Waals surface area contributed by atoms with Gasteiger partial charge in [0.2, 0.25) is 5.52 Å². The molecule has 182 valence electrons. The highest BCUT2D eigenvalue weighted by atomic mass is 32.1. The molecule has 0 atom stereocenters. The van der Waals surface area contributed by atoms with Crippen LogP contribution >= 0.6 is 26.5 Å². The van der Waals surface area contributed by atoms with E-state index in [2.05, 4.69) is 20.6 Å². The monoisotopic (exact) mass is 534 g/mol. The van der Waals surface area contributed by atoms with E-state index in [4.69, 9.17) is 0 Å². The number of fused-ring (bicyclic) bond motifs is 1. The number of benzene rings is 2. The van der Waals surface area contributed by atoms with Crippen molar-refractivity contribution in [2.75, 3.05) is 10.6 Å². The molecule has 0 radical (unpaired) electrons. The van der Waals surface area contributed by atoms with E-state index in [1.54, 1.807) is 47.8 Å². The second-order valence-electron chi connectivity index (χ2n) is 7.58. The second kappa shape index (κ2) is 9.60. The van der Waals surface area contributed by atoms with Crippen molar-refractivity contribution in [3.63, 3.8) is 0 Å². The van der Waals surface area contributed by atoms with Gasteiger partial charge in [0, 0.05) is 16.8 Å². The highest BCUT2D eigenvalue weighted by Gasteiger charge is 2.44. The highest BCUT2D eigenvalue weighted by molar-refractivity contribution is 7.71. The molecule has 11 nitrogen and oxygen atoms in total. The Kier molecular flexibility index (Phi) is 6.90. The summed E-state index contributed by atoms with van der Waals surface area (Å²) < 4.78 is 23.5. The third kappa shape index (κ3) is 5.66. The summed E-state index contributed by atoms with van der Waals surface area (Å²) in [6.45, 7) is 1.83. The van der Waals surface area contributed by atoms with Crippen molar-refractivity contribution in [1.29, 1.82) is 0 Å². The predicted molar refractivity (Wildman–Crippen MR) is 133 cm³/mol. The highest BCUT2D eigenvalue weighted by Crippen LogP contribution is 2.59. The molecule has 0 spiro atoms. The van der Waals surface area contributed by atoms with Crippen molar-refractivity contribution in [2.45, 2.75) is 12.4 Å². The van der Waals surface area contributed by atoms with Crippen molar-refractivity contribution in [3.05, 3.63) is 71.1 Å². The number of anilines is 2. The fourth-order valence-electron chi connectivity index (χ4n) is 3.34. The number of nitrogens with zero attached hydrogens (tertiary/aromatic N) is 2. The van der Waals surface area contributed by atoms with Gasteiger partial charge in [-0.2, -0.15) is 0 Å².